The average Bonchev–Trinajstić information content (AvgIpc) is 3.90. The van der Waals surface area contributed by atoms with Crippen molar-refractivity contribution >= 4 is 43.6 Å². The average molecular weight is 729 g/mol. The first-order chi connectivity index (χ1) is 33.2. The molecule has 11 rings (SSSR count). The summed E-state index contributed by atoms with van der Waals surface area (Å²) in [7, 11) is 0. The predicted molar refractivity (Wildman–Crippen MR) is 230 cm³/mol. The van der Waals surface area contributed by atoms with Crippen LogP contribution in [-0.4, -0.2) is 24.1 Å². The summed E-state index contributed by atoms with van der Waals surface area (Å²) in [6.45, 7) is 0. The molecule has 3 heterocycles. The van der Waals surface area contributed by atoms with E-state index in [1.165, 1.54) is 4.57 Å². The molecule has 0 N–H and O–H groups in total. The van der Waals surface area contributed by atoms with Gasteiger partial charge in [0.05, 0.1) is 39.9 Å². The van der Waals surface area contributed by atoms with Gasteiger partial charge in [-0.1, -0.05) is 164 Å². The first-order valence-corrected chi connectivity index (χ1v) is 17.8. The third-order valence-corrected chi connectivity index (χ3v) is 9.87. The first-order valence-electron chi connectivity index (χ1n) is 24.3. The van der Waals surface area contributed by atoms with Crippen molar-refractivity contribution < 1.29 is 17.8 Å². The summed E-state index contributed by atoms with van der Waals surface area (Å²) in [6, 6.07) is 29.6. The number of hydrogen-bond acceptors (Lipinski definition) is 3. The molecule has 0 unspecified atom stereocenters. The normalized spacial score (nSPS) is 14.8. The molecule has 0 amide bonds. The maximum absolute atomic E-state index is 9.77. The van der Waals surface area contributed by atoms with Gasteiger partial charge in [0.1, 0.15) is 0 Å². The highest BCUT2D eigenvalue weighted by atomic mass is 15.2. The monoisotopic (exact) mass is 728 g/mol. The number of hydrogen-bond donors (Lipinski definition) is 0. The van der Waals surface area contributed by atoms with Crippen molar-refractivity contribution in [2.45, 2.75) is 0 Å². The Morgan fingerprint density at radius 1 is 0.393 bits per heavy atom. The fraction of sp³-hybridized carbons (Fsp3) is 0. The lowest BCUT2D eigenvalue weighted by atomic mass is 10.0. The van der Waals surface area contributed by atoms with Crippen molar-refractivity contribution in [3.8, 4) is 56.7 Å². The van der Waals surface area contributed by atoms with Gasteiger partial charge in [-0.2, -0.15) is 9.97 Å². The Balaban J connectivity index is 1.30. The molecule has 0 aliphatic rings. The number of benzene rings is 8. The van der Waals surface area contributed by atoms with Crippen LogP contribution in [0.3, 0.4) is 0 Å². The Labute approximate surface area is 341 Å². The number of rotatable bonds is 6. The van der Waals surface area contributed by atoms with Crippen LogP contribution in [0.25, 0.3) is 100 Å². The van der Waals surface area contributed by atoms with Crippen molar-refractivity contribution in [1.82, 2.24) is 24.1 Å². The van der Waals surface area contributed by atoms with Crippen molar-refractivity contribution in [3.63, 3.8) is 0 Å². The van der Waals surface area contributed by atoms with E-state index >= 15 is 0 Å². The van der Waals surface area contributed by atoms with Crippen molar-refractivity contribution in [3.05, 3.63) is 200 Å². The molecule has 5 nitrogen and oxygen atoms in total. The van der Waals surface area contributed by atoms with Gasteiger partial charge in [-0.25, -0.2) is 4.98 Å². The van der Waals surface area contributed by atoms with E-state index in [-0.39, 0.29) is 45.1 Å². The summed E-state index contributed by atoms with van der Waals surface area (Å²) in [5.41, 5.74) is 3.01. The van der Waals surface area contributed by atoms with Crippen LogP contribution in [0, 0.1) is 0 Å². The minimum absolute atomic E-state index is 0.0221. The summed E-state index contributed by atoms with van der Waals surface area (Å²) >= 11 is 0. The zero-order valence-electron chi connectivity index (χ0n) is 42.3. The van der Waals surface area contributed by atoms with Gasteiger partial charge in [0.15, 0.2) is 11.6 Å². The molecule has 0 bridgehead atoms. The molecule has 0 aliphatic carbocycles. The molecule has 0 fully saturated rings. The molecule has 5 heteroatoms. The highest BCUT2D eigenvalue weighted by molar-refractivity contribution is 6.26. The quantitative estimate of drug-likeness (QED) is 0.171. The Morgan fingerprint density at radius 2 is 1.07 bits per heavy atom. The third kappa shape index (κ3) is 5.21. The Kier molecular flexibility index (Phi) is 4.96. The standard InChI is InChI=1S/C51H33N5/c1-4-16-34(17-5-1)37-22-14-24-39(32-37)50-52-49(36-20-8-3-9-21-36)53-51(54-50)56-45-29-13-11-27-43(45)47-46(56)31-30-42-41-26-10-12-28-44(41)55(48(42)47)40-25-15-23-38(33-40)35-18-6-2-7-19-35/h1-33H/i2D,6D,7D,11D,13D,15D,18D,19D,23D,25D,27D,29D,33D. The summed E-state index contributed by atoms with van der Waals surface area (Å²) in [5.74, 6) is 0.580. The number of para-hydroxylation sites is 2. The molecule has 0 saturated heterocycles. The van der Waals surface area contributed by atoms with Gasteiger partial charge in [0.2, 0.25) is 5.95 Å². The summed E-state index contributed by atoms with van der Waals surface area (Å²) in [5, 5.41) is 1.46. The highest BCUT2D eigenvalue weighted by Gasteiger charge is 2.23. The molecule has 56 heavy (non-hydrogen) atoms. The first kappa shape index (κ1) is 21.3. The SMILES string of the molecule is [2H]c1c([2H])c([2H])c(-c2c([2H])c([2H])c([2H])c(-n3c4ccccc4c4ccc5c(c6c([2H])c([2H])c([2H])c([2H])c6n5-c5nc(-c6ccccc6)nc(-c6cccc(-c7ccccc7)c6)n5)c43)c2[2H])c([2H])c1[2H]. The van der Waals surface area contributed by atoms with E-state index in [1.807, 2.05) is 91.0 Å². The number of aromatic nitrogens is 5. The summed E-state index contributed by atoms with van der Waals surface area (Å²) in [6.07, 6.45) is 0. The zero-order chi connectivity index (χ0) is 48.3. The van der Waals surface area contributed by atoms with Crippen molar-refractivity contribution in [2.24, 2.45) is 0 Å². The van der Waals surface area contributed by atoms with Crippen LogP contribution in [-0.2, 0) is 0 Å². The van der Waals surface area contributed by atoms with Crippen LogP contribution in [0.15, 0.2) is 200 Å². The second-order valence-electron chi connectivity index (χ2n) is 13.1. The van der Waals surface area contributed by atoms with Gasteiger partial charge in [-0.05, 0) is 58.6 Å². The molecule has 262 valence electrons. The van der Waals surface area contributed by atoms with Gasteiger partial charge < -0.3 is 4.57 Å². The van der Waals surface area contributed by atoms with Crippen molar-refractivity contribution in [1.29, 1.82) is 0 Å². The molecular formula is C51H33N5. The molecule has 0 radical (unpaired) electrons. The number of fused-ring (bicyclic) bond motifs is 7. The Hall–Kier alpha value is -7.63. The largest absolute Gasteiger partial charge is 0.309 e. The molecule has 0 aliphatic heterocycles. The second-order valence-corrected chi connectivity index (χ2v) is 13.1. The molecule has 0 saturated carbocycles. The van der Waals surface area contributed by atoms with Crippen LogP contribution in [0.1, 0.15) is 17.8 Å². The summed E-state index contributed by atoms with van der Waals surface area (Å²) < 4.78 is 120. The Bertz CT molecular complexity index is 3980. The van der Waals surface area contributed by atoms with E-state index in [4.69, 9.17) is 27.3 Å². The molecule has 0 spiro atoms. The van der Waals surface area contributed by atoms with Gasteiger partial charge in [0.25, 0.3) is 0 Å². The van der Waals surface area contributed by atoms with E-state index in [2.05, 4.69) is 0 Å². The minimum Gasteiger partial charge on any atom is -0.309 e. The van der Waals surface area contributed by atoms with E-state index in [9.17, 15) is 5.48 Å². The Morgan fingerprint density at radius 3 is 1.91 bits per heavy atom. The fourth-order valence-corrected chi connectivity index (χ4v) is 7.42. The second kappa shape index (κ2) is 13.0. The lowest BCUT2D eigenvalue weighted by Gasteiger charge is -2.12. The molecule has 8 aromatic carbocycles. The topological polar surface area (TPSA) is 48.5 Å². The molecule has 11 aromatic rings. The highest BCUT2D eigenvalue weighted by Crippen LogP contribution is 2.42. The zero-order valence-corrected chi connectivity index (χ0v) is 29.3. The minimum atomic E-state index is -0.700. The van der Waals surface area contributed by atoms with Gasteiger partial charge >= 0.3 is 0 Å². The van der Waals surface area contributed by atoms with Crippen LogP contribution in [0.2, 0.25) is 0 Å². The van der Waals surface area contributed by atoms with Crippen LogP contribution >= 0.6 is 0 Å². The van der Waals surface area contributed by atoms with E-state index in [0.717, 1.165) is 11.1 Å². The lowest BCUT2D eigenvalue weighted by Crippen LogP contribution is -2.06. The van der Waals surface area contributed by atoms with Gasteiger partial charge in [-0.3, -0.25) is 4.57 Å². The maximum atomic E-state index is 9.77. The van der Waals surface area contributed by atoms with E-state index in [0.29, 0.717) is 32.9 Å². The van der Waals surface area contributed by atoms with Gasteiger partial charge in [0, 0.05) is 38.4 Å². The summed E-state index contributed by atoms with van der Waals surface area (Å²) in [4.78, 5) is 15.0. The molecular weight excluding hydrogens is 683 g/mol. The predicted octanol–water partition coefficient (Wildman–Crippen LogP) is 12.7. The molecule has 3 aromatic heterocycles. The van der Waals surface area contributed by atoms with E-state index < -0.39 is 89.7 Å². The maximum Gasteiger partial charge on any atom is 0.238 e. The fourth-order valence-electron chi connectivity index (χ4n) is 7.42. The number of nitrogens with zero attached hydrogens (tertiary/aromatic N) is 5. The molecule has 0 atom stereocenters. The smallest absolute Gasteiger partial charge is 0.238 e. The van der Waals surface area contributed by atoms with Crippen LogP contribution in [0.4, 0.5) is 0 Å². The van der Waals surface area contributed by atoms with Crippen LogP contribution in [0.5, 0.6) is 0 Å². The third-order valence-electron chi connectivity index (χ3n) is 9.87. The van der Waals surface area contributed by atoms with E-state index in [1.54, 1.807) is 34.9 Å². The lowest BCUT2D eigenvalue weighted by molar-refractivity contribution is 0.953. The van der Waals surface area contributed by atoms with Crippen LogP contribution < -0.4 is 0 Å². The van der Waals surface area contributed by atoms with Gasteiger partial charge in [-0.15, -0.1) is 0 Å². The van der Waals surface area contributed by atoms with Crippen molar-refractivity contribution in [2.75, 3.05) is 0 Å².